The van der Waals surface area contributed by atoms with Crippen molar-refractivity contribution < 1.29 is 71.7 Å². The first-order valence-corrected chi connectivity index (χ1v) is 17.4. The average Bonchev–Trinajstić information content (AvgIpc) is 3.19. The van der Waals surface area contributed by atoms with Gasteiger partial charge >= 0.3 is 23.9 Å². The number of hydrogen-bond acceptors (Lipinski definition) is 14. The Morgan fingerprint density at radius 1 is 0.582 bits per heavy atom. The number of carbonyl (C=O) groups excluding carboxylic acids is 4. The second-order valence-electron chi connectivity index (χ2n) is 11.7. The highest BCUT2D eigenvalue weighted by atomic mass is 19.1. The molecule has 0 aliphatic rings. The normalized spacial score (nSPS) is 11.8. The summed E-state index contributed by atoms with van der Waals surface area (Å²) in [6, 6.07) is 15.7. The summed E-state index contributed by atoms with van der Waals surface area (Å²) in [7, 11) is 0. The minimum absolute atomic E-state index is 0.0228. The van der Waals surface area contributed by atoms with Crippen molar-refractivity contribution in [1.82, 2.24) is 0 Å². The van der Waals surface area contributed by atoms with Crippen LogP contribution in [0.1, 0.15) is 46.4 Å². The molecule has 0 aliphatic heterocycles. The number of aliphatic hydroxyl groups excluding tert-OH is 2. The number of benzene rings is 3. The van der Waals surface area contributed by atoms with Crippen LogP contribution < -0.4 is 18.9 Å². The van der Waals surface area contributed by atoms with Crippen molar-refractivity contribution in [3.8, 4) is 23.0 Å². The Hall–Kier alpha value is -5.61. The molecule has 0 spiro atoms. The maximum absolute atomic E-state index is 14.8. The van der Waals surface area contributed by atoms with Gasteiger partial charge in [-0.25, -0.2) is 23.6 Å². The zero-order valence-corrected chi connectivity index (χ0v) is 30.2. The predicted molar refractivity (Wildman–Crippen MR) is 195 cm³/mol. The lowest BCUT2D eigenvalue weighted by atomic mass is 10.2. The number of aliphatic hydroxyl groups is 2. The van der Waals surface area contributed by atoms with Gasteiger partial charge in [0.25, 0.3) is 0 Å². The van der Waals surface area contributed by atoms with Gasteiger partial charge in [0.2, 0.25) is 0 Å². The Balaban J connectivity index is 1.31. The SMILES string of the molecule is C=CC(=O)OCC(O)COCCCCOc1ccc(C(=O)Oc2ccc(OC(=O)c3ccc(OCCCCOCC(O)COC(=O)C=C)cc3)c(F)c2)cc1. The third-order valence-corrected chi connectivity index (χ3v) is 7.19. The molecule has 0 saturated carbocycles. The Kier molecular flexibility index (Phi) is 19.6. The van der Waals surface area contributed by atoms with Crippen LogP contribution in [0, 0.1) is 5.82 Å². The predicted octanol–water partition coefficient (Wildman–Crippen LogP) is 4.80. The monoisotopic (exact) mass is 768 g/mol. The fourth-order valence-electron chi connectivity index (χ4n) is 4.33. The summed E-state index contributed by atoms with van der Waals surface area (Å²) >= 11 is 0. The molecule has 0 radical (unpaired) electrons. The largest absolute Gasteiger partial charge is 0.494 e. The number of unbranched alkanes of at least 4 members (excludes halogenated alkanes) is 2. The van der Waals surface area contributed by atoms with Crippen molar-refractivity contribution in [2.75, 3.05) is 52.9 Å². The molecule has 55 heavy (non-hydrogen) atoms. The molecule has 0 bridgehead atoms. The molecule has 2 unspecified atom stereocenters. The second kappa shape index (κ2) is 24.7. The standard InChI is InChI=1S/C40H45FO14/c1-3-37(44)52-26-30(42)24-48-19-5-7-21-50-32-13-9-28(10-14-32)39(46)54-34-17-18-36(35(41)23-34)55-40(47)29-11-15-33(16-12-29)51-22-8-6-20-49-25-31(43)27-53-38(45)4-2/h3-4,9-18,23,30-31,42-43H,1-2,5-8,19-22,24-27H2. The van der Waals surface area contributed by atoms with Crippen molar-refractivity contribution in [1.29, 1.82) is 0 Å². The second-order valence-corrected chi connectivity index (χ2v) is 11.7. The van der Waals surface area contributed by atoms with Gasteiger partial charge < -0.3 is 48.1 Å². The van der Waals surface area contributed by atoms with Crippen LogP contribution in [-0.2, 0) is 28.5 Å². The minimum Gasteiger partial charge on any atom is -0.494 e. The molecule has 0 amide bonds. The highest BCUT2D eigenvalue weighted by Crippen LogP contribution is 2.25. The molecular formula is C40H45FO14. The lowest BCUT2D eigenvalue weighted by Gasteiger charge is -2.11. The Labute approximate surface area is 318 Å². The minimum atomic E-state index is -0.930. The lowest BCUT2D eigenvalue weighted by molar-refractivity contribution is -0.142. The number of carbonyl (C=O) groups is 4. The number of hydrogen-bond donors (Lipinski definition) is 2. The molecular weight excluding hydrogens is 723 g/mol. The summed E-state index contributed by atoms with van der Waals surface area (Å²) < 4.78 is 56.8. The summed E-state index contributed by atoms with van der Waals surface area (Å²) in [5.74, 6) is -3.08. The Morgan fingerprint density at radius 2 is 1.00 bits per heavy atom. The number of rotatable bonds is 26. The molecule has 0 saturated heterocycles. The maximum atomic E-state index is 14.8. The molecule has 14 nitrogen and oxygen atoms in total. The summed E-state index contributed by atoms with van der Waals surface area (Å²) in [6.07, 6.45) is 2.81. The maximum Gasteiger partial charge on any atom is 0.343 e. The van der Waals surface area contributed by atoms with Gasteiger partial charge in [-0.3, -0.25) is 0 Å². The van der Waals surface area contributed by atoms with E-state index in [1.165, 1.54) is 36.4 Å². The highest BCUT2D eigenvalue weighted by molar-refractivity contribution is 5.92. The Morgan fingerprint density at radius 3 is 1.44 bits per heavy atom. The van der Waals surface area contributed by atoms with Crippen molar-refractivity contribution in [3.63, 3.8) is 0 Å². The van der Waals surface area contributed by atoms with E-state index in [4.69, 9.17) is 37.9 Å². The molecule has 15 heteroatoms. The van der Waals surface area contributed by atoms with E-state index in [2.05, 4.69) is 13.2 Å². The van der Waals surface area contributed by atoms with E-state index in [1.807, 2.05) is 0 Å². The fraction of sp³-hybridized carbons (Fsp3) is 0.350. The van der Waals surface area contributed by atoms with Crippen molar-refractivity contribution in [3.05, 3.63) is 109 Å². The first kappa shape index (κ1) is 43.8. The molecule has 2 atom stereocenters. The van der Waals surface area contributed by atoms with E-state index in [-0.39, 0.29) is 49.1 Å². The van der Waals surface area contributed by atoms with Gasteiger partial charge in [0.1, 0.15) is 42.7 Å². The average molecular weight is 769 g/mol. The van der Waals surface area contributed by atoms with Gasteiger partial charge in [-0.2, -0.15) is 0 Å². The smallest absolute Gasteiger partial charge is 0.343 e. The van der Waals surface area contributed by atoms with E-state index in [0.717, 1.165) is 18.2 Å². The Bertz CT molecular complexity index is 1680. The van der Waals surface area contributed by atoms with E-state index in [0.29, 0.717) is 63.6 Å². The zero-order chi connectivity index (χ0) is 39.8. The molecule has 3 rings (SSSR count). The topological polar surface area (TPSA) is 183 Å². The van der Waals surface area contributed by atoms with Crippen molar-refractivity contribution in [2.45, 2.75) is 37.9 Å². The van der Waals surface area contributed by atoms with Gasteiger partial charge in [-0.05, 0) is 86.3 Å². The van der Waals surface area contributed by atoms with Crippen molar-refractivity contribution in [2.24, 2.45) is 0 Å². The first-order chi connectivity index (χ1) is 26.6. The third kappa shape index (κ3) is 17.4. The quantitative estimate of drug-likeness (QED) is 0.0492. The zero-order valence-electron chi connectivity index (χ0n) is 30.2. The molecule has 0 aliphatic carbocycles. The van der Waals surface area contributed by atoms with E-state index in [1.54, 1.807) is 24.3 Å². The number of ether oxygens (including phenoxy) is 8. The summed E-state index contributed by atoms with van der Waals surface area (Å²) in [4.78, 5) is 47.2. The molecule has 0 heterocycles. The molecule has 296 valence electrons. The van der Waals surface area contributed by atoms with Gasteiger partial charge in [0.15, 0.2) is 11.6 Å². The first-order valence-electron chi connectivity index (χ1n) is 17.4. The summed E-state index contributed by atoms with van der Waals surface area (Å²) in [5.41, 5.74) is 0.362. The number of esters is 4. The van der Waals surface area contributed by atoms with Crippen LogP contribution in [0.2, 0.25) is 0 Å². The van der Waals surface area contributed by atoms with Crippen LogP contribution in [0.4, 0.5) is 4.39 Å². The van der Waals surface area contributed by atoms with Crippen LogP contribution in [0.25, 0.3) is 0 Å². The number of halogens is 1. The van der Waals surface area contributed by atoms with Crippen LogP contribution in [0.5, 0.6) is 23.0 Å². The third-order valence-electron chi connectivity index (χ3n) is 7.19. The lowest BCUT2D eigenvalue weighted by Crippen LogP contribution is -2.23. The van der Waals surface area contributed by atoms with Crippen LogP contribution >= 0.6 is 0 Å². The van der Waals surface area contributed by atoms with Crippen LogP contribution in [0.3, 0.4) is 0 Å². The molecule has 2 N–H and O–H groups in total. The van der Waals surface area contributed by atoms with Gasteiger partial charge in [-0.1, -0.05) is 13.2 Å². The van der Waals surface area contributed by atoms with Crippen molar-refractivity contribution >= 4 is 23.9 Å². The van der Waals surface area contributed by atoms with Crippen LogP contribution in [-0.4, -0.2) is 99.2 Å². The molecule has 3 aromatic rings. The van der Waals surface area contributed by atoms with E-state index < -0.39 is 41.9 Å². The van der Waals surface area contributed by atoms with Gasteiger partial charge in [0, 0.05) is 31.4 Å². The molecule has 3 aromatic carbocycles. The van der Waals surface area contributed by atoms with Crippen LogP contribution in [0.15, 0.2) is 92.0 Å². The van der Waals surface area contributed by atoms with Gasteiger partial charge in [-0.15, -0.1) is 0 Å². The fourth-order valence-corrected chi connectivity index (χ4v) is 4.33. The summed E-state index contributed by atoms with van der Waals surface area (Å²) in [5, 5.41) is 19.4. The molecule has 0 aromatic heterocycles. The summed E-state index contributed by atoms with van der Waals surface area (Å²) in [6.45, 7) is 7.76. The molecule has 0 fully saturated rings. The van der Waals surface area contributed by atoms with E-state index >= 15 is 0 Å². The van der Waals surface area contributed by atoms with Gasteiger partial charge in [0.05, 0.1) is 37.6 Å². The highest BCUT2D eigenvalue weighted by Gasteiger charge is 2.16. The van der Waals surface area contributed by atoms with E-state index in [9.17, 15) is 33.8 Å².